The first-order valence-electron chi connectivity index (χ1n) is 5.14. The minimum absolute atomic E-state index is 0.128. The summed E-state index contributed by atoms with van der Waals surface area (Å²) < 4.78 is 12.6. The van der Waals surface area contributed by atoms with E-state index in [1.807, 2.05) is 0 Å². The molecule has 1 aromatic carbocycles. The van der Waals surface area contributed by atoms with Gasteiger partial charge < -0.3 is 10.1 Å². The molecule has 0 aliphatic carbocycles. The Labute approximate surface area is 117 Å². The molecule has 0 aliphatic heterocycles. The number of aromatic nitrogens is 2. The van der Waals surface area contributed by atoms with Crippen LogP contribution in [-0.2, 0) is 4.79 Å². The zero-order valence-electron chi connectivity index (χ0n) is 9.71. The number of benzene rings is 1. The predicted octanol–water partition coefficient (Wildman–Crippen LogP) is 2.30. The molecule has 1 heterocycles. The number of nitrogens with one attached hydrogen (secondary N) is 1. The average molecular weight is 298 g/mol. The quantitative estimate of drug-likeness (QED) is 0.940. The van der Waals surface area contributed by atoms with Gasteiger partial charge in [0.1, 0.15) is 5.75 Å². The number of carbonyl (C=O) groups is 1. The Morgan fingerprint density at radius 3 is 2.63 bits per heavy atom. The molecule has 1 aromatic heterocycles. The number of carbonyl (C=O) groups excluding carboxylic acids is 1. The van der Waals surface area contributed by atoms with Crippen LogP contribution in [0.15, 0.2) is 29.1 Å². The van der Waals surface area contributed by atoms with E-state index in [0.29, 0.717) is 11.4 Å². The highest BCUT2D eigenvalue weighted by atomic mass is 35.5. The van der Waals surface area contributed by atoms with E-state index in [4.69, 9.17) is 16.3 Å². The van der Waals surface area contributed by atoms with E-state index in [1.165, 1.54) is 6.92 Å². The summed E-state index contributed by atoms with van der Waals surface area (Å²) in [5, 5.41) is 2.44. The highest BCUT2D eigenvalue weighted by molar-refractivity contribution is 6.99. The summed E-state index contributed by atoms with van der Waals surface area (Å²) in [6, 6.07) is 6.50. The molecular weight excluding hydrogens is 290 g/mol. The van der Waals surface area contributed by atoms with Crippen LogP contribution >= 0.6 is 23.3 Å². The lowest BCUT2D eigenvalue weighted by Gasteiger charge is -2.05. The van der Waals surface area contributed by atoms with Crippen molar-refractivity contribution in [2.75, 3.05) is 5.32 Å². The average Bonchev–Trinajstić information content (AvgIpc) is 2.37. The Morgan fingerprint density at radius 2 is 2.00 bits per heavy atom. The molecule has 98 valence electrons. The Bertz CT molecular complexity index is 657. The van der Waals surface area contributed by atoms with Gasteiger partial charge >= 0.3 is 0 Å². The van der Waals surface area contributed by atoms with Crippen LogP contribution in [0.2, 0.25) is 5.15 Å². The van der Waals surface area contributed by atoms with Crippen molar-refractivity contribution >= 4 is 34.9 Å². The standard InChI is InChI=1S/C11H8ClN3O3S/c1-6(16)13-7-2-4-8(5-3-7)18-11-9(17)10(12)14-19-15-11/h2-5H,1H3,(H,13,16). The van der Waals surface area contributed by atoms with Gasteiger partial charge in [0.2, 0.25) is 5.91 Å². The number of rotatable bonds is 3. The van der Waals surface area contributed by atoms with Crippen LogP contribution in [0.1, 0.15) is 6.92 Å². The van der Waals surface area contributed by atoms with Crippen LogP contribution in [0, 0.1) is 0 Å². The number of hydrogen-bond acceptors (Lipinski definition) is 6. The fraction of sp³-hybridized carbons (Fsp3) is 0.0909. The zero-order chi connectivity index (χ0) is 13.8. The Morgan fingerprint density at radius 1 is 1.32 bits per heavy atom. The van der Waals surface area contributed by atoms with E-state index in [9.17, 15) is 9.59 Å². The third kappa shape index (κ3) is 3.49. The lowest BCUT2D eigenvalue weighted by molar-refractivity contribution is -0.114. The van der Waals surface area contributed by atoms with Gasteiger partial charge in [0.15, 0.2) is 5.15 Å². The van der Waals surface area contributed by atoms with Gasteiger partial charge in [0.05, 0.1) is 11.7 Å². The second kappa shape index (κ2) is 5.77. The molecule has 0 aliphatic rings. The van der Waals surface area contributed by atoms with E-state index in [0.717, 1.165) is 11.7 Å². The molecule has 19 heavy (non-hydrogen) atoms. The topological polar surface area (TPSA) is 81.2 Å². The first kappa shape index (κ1) is 13.4. The van der Waals surface area contributed by atoms with E-state index in [1.54, 1.807) is 24.3 Å². The molecule has 6 nitrogen and oxygen atoms in total. The van der Waals surface area contributed by atoms with Crippen molar-refractivity contribution in [1.82, 2.24) is 8.75 Å². The zero-order valence-corrected chi connectivity index (χ0v) is 11.3. The van der Waals surface area contributed by atoms with Gasteiger partial charge in [0, 0.05) is 12.6 Å². The lowest BCUT2D eigenvalue weighted by atomic mass is 10.3. The minimum Gasteiger partial charge on any atom is -0.435 e. The highest BCUT2D eigenvalue weighted by Gasteiger charge is 2.09. The predicted molar refractivity (Wildman–Crippen MR) is 72.0 cm³/mol. The SMILES string of the molecule is CC(=O)Nc1ccc(Oc2nsnc(Cl)c2=O)cc1. The van der Waals surface area contributed by atoms with Gasteiger partial charge in [-0.05, 0) is 24.3 Å². The summed E-state index contributed by atoms with van der Waals surface area (Å²) in [6.45, 7) is 1.42. The van der Waals surface area contributed by atoms with Crippen molar-refractivity contribution in [3.63, 3.8) is 0 Å². The maximum atomic E-state index is 11.6. The van der Waals surface area contributed by atoms with Crippen molar-refractivity contribution in [1.29, 1.82) is 0 Å². The first-order chi connectivity index (χ1) is 9.06. The largest absolute Gasteiger partial charge is 0.435 e. The van der Waals surface area contributed by atoms with Gasteiger partial charge in [-0.1, -0.05) is 11.6 Å². The molecule has 0 spiro atoms. The van der Waals surface area contributed by atoms with Crippen molar-refractivity contribution in [3.05, 3.63) is 39.6 Å². The third-order valence-electron chi connectivity index (χ3n) is 2.02. The summed E-state index contributed by atoms with van der Waals surface area (Å²) in [5.41, 5.74) is 0.0667. The minimum atomic E-state index is -0.564. The second-order valence-corrected chi connectivity index (χ2v) is 4.38. The van der Waals surface area contributed by atoms with Gasteiger partial charge in [-0.3, -0.25) is 9.59 Å². The fourth-order valence-electron chi connectivity index (χ4n) is 1.25. The Balaban J connectivity index is 2.18. The molecule has 1 N–H and O–H groups in total. The van der Waals surface area contributed by atoms with Gasteiger partial charge in [-0.2, -0.15) is 4.37 Å². The fourth-order valence-corrected chi connectivity index (χ4v) is 1.81. The summed E-state index contributed by atoms with van der Waals surface area (Å²) in [4.78, 5) is 22.4. The van der Waals surface area contributed by atoms with Crippen molar-refractivity contribution < 1.29 is 9.53 Å². The second-order valence-electron chi connectivity index (χ2n) is 3.50. The van der Waals surface area contributed by atoms with Gasteiger partial charge in [-0.15, -0.1) is 4.37 Å². The first-order valence-corrected chi connectivity index (χ1v) is 6.25. The number of nitrogens with zero attached hydrogens (tertiary/aromatic N) is 2. The van der Waals surface area contributed by atoms with Crippen LogP contribution in [-0.4, -0.2) is 14.7 Å². The summed E-state index contributed by atoms with van der Waals surface area (Å²) >= 11 is 6.37. The molecule has 0 unspecified atom stereocenters. The molecule has 1 amide bonds. The van der Waals surface area contributed by atoms with Gasteiger partial charge in [0.25, 0.3) is 11.3 Å². The van der Waals surface area contributed by atoms with Crippen LogP contribution in [0.5, 0.6) is 11.6 Å². The van der Waals surface area contributed by atoms with Gasteiger partial charge in [-0.25, -0.2) is 0 Å². The Kier molecular flexibility index (Phi) is 4.08. The molecule has 8 heteroatoms. The molecule has 0 saturated heterocycles. The van der Waals surface area contributed by atoms with Crippen LogP contribution in [0.25, 0.3) is 0 Å². The van der Waals surface area contributed by atoms with Crippen LogP contribution < -0.4 is 15.5 Å². The maximum absolute atomic E-state index is 11.6. The van der Waals surface area contributed by atoms with E-state index in [-0.39, 0.29) is 16.9 Å². The molecule has 2 aromatic rings. The van der Waals surface area contributed by atoms with Crippen molar-refractivity contribution in [2.45, 2.75) is 6.92 Å². The number of anilines is 1. The third-order valence-corrected chi connectivity index (χ3v) is 2.88. The summed E-state index contributed by atoms with van der Waals surface area (Å²) in [5.74, 6) is 0.116. The molecular formula is C11H8ClN3O3S. The van der Waals surface area contributed by atoms with Crippen LogP contribution in [0.3, 0.4) is 0 Å². The van der Waals surface area contributed by atoms with Crippen LogP contribution in [0.4, 0.5) is 5.69 Å². The van der Waals surface area contributed by atoms with E-state index >= 15 is 0 Å². The maximum Gasteiger partial charge on any atom is 0.283 e. The monoisotopic (exact) mass is 297 g/mol. The number of ether oxygens (including phenoxy) is 1. The normalized spacial score (nSPS) is 10.0. The molecule has 0 radical (unpaired) electrons. The van der Waals surface area contributed by atoms with Crippen molar-refractivity contribution in [2.24, 2.45) is 0 Å². The summed E-state index contributed by atoms with van der Waals surface area (Å²) in [6.07, 6.45) is 0. The van der Waals surface area contributed by atoms with Crippen molar-refractivity contribution in [3.8, 4) is 11.6 Å². The smallest absolute Gasteiger partial charge is 0.283 e. The van der Waals surface area contributed by atoms with E-state index in [2.05, 4.69) is 14.1 Å². The molecule has 0 fully saturated rings. The van der Waals surface area contributed by atoms with E-state index < -0.39 is 5.43 Å². The molecule has 0 bridgehead atoms. The molecule has 2 rings (SSSR count). The molecule has 0 saturated carbocycles. The summed E-state index contributed by atoms with van der Waals surface area (Å²) in [7, 11) is 0. The Hall–Kier alpha value is -1.99. The molecule has 0 atom stereocenters. The number of hydrogen-bond donors (Lipinski definition) is 1. The highest BCUT2D eigenvalue weighted by Crippen LogP contribution is 2.20. The lowest BCUT2D eigenvalue weighted by Crippen LogP contribution is -2.08. The number of amides is 1. The number of halogens is 1.